The van der Waals surface area contributed by atoms with Gasteiger partial charge in [0, 0.05) is 0 Å². The molecule has 0 saturated heterocycles. The molecule has 8 aliphatic carbocycles. The van der Waals surface area contributed by atoms with Gasteiger partial charge in [0.05, 0.1) is 23.0 Å². The van der Waals surface area contributed by atoms with Crippen LogP contribution in [0.25, 0.3) is 0 Å². The third-order valence-corrected chi connectivity index (χ3v) is 5.58. The Morgan fingerprint density at radius 1 is 0.667 bits per heavy atom. The quantitative estimate of drug-likeness (QED) is 0.517. The summed E-state index contributed by atoms with van der Waals surface area (Å²) in [5, 5.41) is 18.0. The van der Waals surface area contributed by atoms with Crippen LogP contribution in [0.15, 0.2) is 0 Å². The fraction of sp³-hybridized carbons (Fsp3) is 0.800. The molecule has 0 aromatic carbocycles. The van der Waals surface area contributed by atoms with E-state index in [4.69, 9.17) is 10.5 Å². The smallest absolute Gasteiger partial charge is 0.0699 e. The Bertz CT molecular complexity index is 376. The van der Waals surface area contributed by atoms with Crippen LogP contribution in [0.5, 0.6) is 0 Å². The van der Waals surface area contributed by atoms with E-state index in [9.17, 15) is 0 Å². The first-order chi connectivity index (χ1) is 5.85. The standard InChI is InChI=1S/C10H6N2/c11-1-9-3-5(9)7-4-8(6(3)9)10(4,7)2-12/h3-8H. The molecule has 2 nitrogen and oxygen atoms in total. The first-order valence-electron chi connectivity index (χ1n) is 4.68. The van der Waals surface area contributed by atoms with Gasteiger partial charge in [-0.25, -0.2) is 0 Å². The molecule has 2 heteroatoms. The van der Waals surface area contributed by atoms with Gasteiger partial charge >= 0.3 is 0 Å². The van der Waals surface area contributed by atoms with Crippen molar-refractivity contribution in [2.45, 2.75) is 0 Å². The zero-order valence-corrected chi connectivity index (χ0v) is 6.36. The predicted octanol–water partition coefficient (Wildman–Crippen LogP) is 0.772. The number of rotatable bonds is 0. The molecule has 0 heterocycles. The van der Waals surface area contributed by atoms with Gasteiger partial charge in [-0.1, -0.05) is 0 Å². The molecule has 0 N–H and O–H groups in total. The normalized spacial score (nSPS) is 86.8. The Morgan fingerprint density at radius 3 is 1.00 bits per heavy atom. The van der Waals surface area contributed by atoms with Crippen LogP contribution in [0.1, 0.15) is 0 Å². The molecule has 8 aliphatic rings. The van der Waals surface area contributed by atoms with E-state index in [-0.39, 0.29) is 10.8 Å². The van der Waals surface area contributed by atoms with Gasteiger partial charge in [0.1, 0.15) is 0 Å². The molecule has 8 fully saturated rings. The van der Waals surface area contributed by atoms with Crippen molar-refractivity contribution in [3.05, 3.63) is 0 Å². The fourth-order valence-electron chi connectivity index (χ4n) is 5.04. The van der Waals surface area contributed by atoms with Crippen molar-refractivity contribution >= 4 is 0 Å². The van der Waals surface area contributed by atoms with Crippen LogP contribution in [-0.4, -0.2) is 0 Å². The molecule has 8 rings (SSSR count). The molecule has 0 aromatic rings. The average Bonchev–Trinajstić information content (AvgIpc) is 2.96. The van der Waals surface area contributed by atoms with Gasteiger partial charge in [0.15, 0.2) is 0 Å². The number of nitriles is 2. The van der Waals surface area contributed by atoms with Crippen LogP contribution in [0.3, 0.4) is 0 Å². The van der Waals surface area contributed by atoms with Gasteiger partial charge in [0.2, 0.25) is 0 Å². The van der Waals surface area contributed by atoms with E-state index >= 15 is 0 Å². The Morgan fingerprint density at radius 2 is 0.917 bits per heavy atom. The van der Waals surface area contributed by atoms with Crippen molar-refractivity contribution in [2.75, 3.05) is 0 Å². The molecule has 0 spiro atoms. The van der Waals surface area contributed by atoms with Crippen LogP contribution in [0.4, 0.5) is 0 Å². The van der Waals surface area contributed by atoms with Crippen LogP contribution in [0, 0.1) is 69.0 Å². The Labute approximate surface area is 69.8 Å². The zero-order chi connectivity index (χ0) is 7.88. The first kappa shape index (κ1) is 4.87. The van der Waals surface area contributed by atoms with E-state index in [1.165, 1.54) is 0 Å². The highest BCUT2D eigenvalue weighted by Crippen LogP contribution is 3.09. The summed E-state index contributed by atoms with van der Waals surface area (Å²) in [6.07, 6.45) is 0. The summed E-state index contributed by atoms with van der Waals surface area (Å²) < 4.78 is 0. The SMILES string of the molecule is N#CC12C3C1C1C4C(C32)C41C#N. The van der Waals surface area contributed by atoms with Crippen LogP contribution >= 0.6 is 0 Å². The summed E-state index contributed by atoms with van der Waals surface area (Å²) in [7, 11) is 0. The number of hydrogen-bond acceptors (Lipinski definition) is 2. The molecule has 0 atom stereocenters. The minimum Gasteiger partial charge on any atom is -0.198 e. The number of hydrogen-bond donors (Lipinski definition) is 0. The van der Waals surface area contributed by atoms with Gasteiger partial charge in [-0.2, -0.15) is 10.5 Å². The maximum absolute atomic E-state index is 8.98. The maximum Gasteiger partial charge on any atom is 0.0699 e. The largest absolute Gasteiger partial charge is 0.198 e. The van der Waals surface area contributed by atoms with Crippen molar-refractivity contribution < 1.29 is 0 Å². The minimum atomic E-state index is 0.142. The van der Waals surface area contributed by atoms with Crippen molar-refractivity contribution in [3.63, 3.8) is 0 Å². The molecule has 0 aromatic heterocycles. The van der Waals surface area contributed by atoms with E-state index in [0.29, 0.717) is 23.7 Å². The lowest BCUT2D eigenvalue weighted by Crippen LogP contribution is -2.32. The van der Waals surface area contributed by atoms with E-state index in [0.717, 1.165) is 11.8 Å². The Hall–Kier alpha value is -1.02. The zero-order valence-electron chi connectivity index (χ0n) is 6.36. The third-order valence-electron chi connectivity index (χ3n) is 5.58. The highest BCUT2D eigenvalue weighted by Gasteiger charge is 3.11. The Kier molecular flexibility index (Phi) is 0.341. The van der Waals surface area contributed by atoms with Crippen molar-refractivity contribution in [1.82, 2.24) is 0 Å². The second kappa shape index (κ2) is 0.839. The third kappa shape index (κ3) is 0.176. The summed E-state index contributed by atoms with van der Waals surface area (Å²) in [6.45, 7) is 0. The number of nitrogens with zero attached hydrogens (tertiary/aromatic N) is 2. The Balaban J connectivity index is 1.71. The summed E-state index contributed by atoms with van der Waals surface area (Å²) in [6, 6.07) is 4.99. The van der Waals surface area contributed by atoms with E-state index in [1.807, 2.05) is 0 Å². The molecule has 0 aliphatic heterocycles. The second-order valence-corrected chi connectivity index (χ2v) is 5.24. The van der Waals surface area contributed by atoms with Gasteiger partial charge in [0.25, 0.3) is 0 Å². The molecule has 4 bridgehead atoms. The van der Waals surface area contributed by atoms with Gasteiger partial charge in [-0.15, -0.1) is 0 Å². The lowest BCUT2D eigenvalue weighted by Gasteiger charge is -2.31. The minimum absolute atomic E-state index is 0.142. The molecule has 8 saturated carbocycles. The summed E-state index contributed by atoms with van der Waals surface area (Å²) in [4.78, 5) is 0. The molecule has 0 unspecified atom stereocenters. The fourth-order valence-corrected chi connectivity index (χ4v) is 5.04. The van der Waals surface area contributed by atoms with Crippen molar-refractivity contribution in [3.8, 4) is 12.1 Å². The second-order valence-electron chi connectivity index (χ2n) is 5.24. The summed E-state index contributed by atoms with van der Waals surface area (Å²) in [5.74, 6) is 4.25. The van der Waals surface area contributed by atoms with Crippen LogP contribution in [-0.2, 0) is 0 Å². The van der Waals surface area contributed by atoms with Crippen LogP contribution in [0.2, 0.25) is 0 Å². The summed E-state index contributed by atoms with van der Waals surface area (Å²) in [5.41, 5.74) is 0.283. The van der Waals surface area contributed by atoms with Crippen LogP contribution < -0.4 is 0 Å². The van der Waals surface area contributed by atoms with Gasteiger partial charge in [-0.3, -0.25) is 0 Å². The average molecular weight is 154 g/mol. The van der Waals surface area contributed by atoms with Crippen molar-refractivity contribution in [1.29, 1.82) is 10.5 Å². The first-order valence-corrected chi connectivity index (χ1v) is 4.68. The highest BCUT2D eigenvalue weighted by molar-refractivity contribution is 5.61. The molecule has 56 valence electrons. The van der Waals surface area contributed by atoms with E-state index in [2.05, 4.69) is 12.1 Å². The van der Waals surface area contributed by atoms with E-state index < -0.39 is 0 Å². The van der Waals surface area contributed by atoms with E-state index in [1.54, 1.807) is 0 Å². The molecular weight excluding hydrogens is 148 g/mol. The van der Waals surface area contributed by atoms with Gasteiger partial charge < -0.3 is 0 Å². The molecule has 12 heavy (non-hydrogen) atoms. The lowest BCUT2D eigenvalue weighted by molar-refractivity contribution is 0.153. The lowest BCUT2D eigenvalue weighted by atomic mass is 9.70. The van der Waals surface area contributed by atoms with Crippen molar-refractivity contribution in [2.24, 2.45) is 46.3 Å². The predicted molar refractivity (Wildman–Crippen MR) is 37.0 cm³/mol. The highest BCUT2D eigenvalue weighted by atomic mass is 15.1. The molecule has 0 amide bonds. The topological polar surface area (TPSA) is 47.6 Å². The summed E-state index contributed by atoms with van der Waals surface area (Å²) >= 11 is 0. The van der Waals surface area contributed by atoms with Gasteiger partial charge in [-0.05, 0) is 35.5 Å². The molecular formula is C10H6N2. The maximum atomic E-state index is 8.98. The monoisotopic (exact) mass is 154 g/mol. The molecule has 0 radical (unpaired) electrons.